The fraction of sp³-hybridized carbons (Fsp3) is 0.645. The van der Waals surface area contributed by atoms with Gasteiger partial charge >= 0.3 is 12.2 Å². The zero-order valence-electron chi connectivity index (χ0n) is 48.9. The van der Waals surface area contributed by atoms with Crippen LogP contribution in [0.25, 0.3) is 22.1 Å². The Balaban J connectivity index is 0.000000231. The van der Waals surface area contributed by atoms with Crippen molar-refractivity contribution >= 4 is 58.6 Å². The number of benzene rings is 2. The van der Waals surface area contributed by atoms with Gasteiger partial charge in [-0.3, -0.25) is 9.59 Å². The van der Waals surface area contributed by atoms with Crippen molar-refractivity contribution in [2.45, 2.75) is 207 Å². The second kappa shape index (κ2) is 28.1. The van der Waals surface area contributed by atoms with Crippen LogP contribution < -0.4 is 20.1 Å². The molecule has 2 N–H and O–H groups in total. The van der Waals surface area contributed by atoms with Crippen molar-refractivity contribution < 1.29 is 84.8 Å². The van der Waals surface area contributed by atoms with E-state index in [0.29, 0.717) is 36.4 Å². The summed E-state index contributed by atoms with van der Waals surface area (Å²) in [6.07, 6.45) is 16.3. The molecule has 82 heavy (non-hydrogen) atoms. The fourth-order valence-electron chi connectivity index (χ4n) is 12.7. The number of alkyl carbamates (subject to hydrolysis) is 2. The van der Waals surface area contributed by atoms with E-state index in [-0.39, 0.29) is 86.1 Å². The first kappa shape index (κ1) is 64.3. The molecule has 2 radical (unpaired) electrons. The molecule has 10 rings (SSSR count). The minimum absolute atomic E-state index is 0. The number of nitrogens with one attached hydrogen (secondary N) is 2. The van der Waals surface area contributed by atoms with Gasteiger partial charge in [-0.2, -0.15) is 0 Å². The molecule has 442 valence electrons. The van der Waals surface area contributed by atoms with E-state index in [1.165, 1.54) is 9.80 Å². The average Bonchev–Trinajstić information content (AvgIpc) is 3.67. The third-order valence-electron chi connectivity index (χ3n) is 17.4. The maximum atomic E-state index is 14.1. The molecule has 12 atom stereocenters. The van der Waals surface area contributed by atoms with Crippen LogP contribution in [0.2, 0.25) is 0 Å². The molecule has 0 spiro atoms. The van der Waals surface area contributed by atoms with E-state index in [1.54, 1.807) is 0 Å². The van der Waals surface area contributed by atoms with Crippen LogP contribution in [0.5, 0.6) is 11.8 Å². The Kier molecular flexibility index (Phi) is 22.0. The summed E-state index contributed by atoms with van der Waals surface area (Å²) in [6.45, 7) is 15.7. The second-order valence-electron chi connectivity index (χ2n) is 25.2. The van der Waals surface area contributed by atoms with Gasteiger partial charge < -0.3 is 49.0 Å². The molecule has 2 saturated carbocycles. The van der Waals surface area contributed by atoms with Gasteiger partial charge in [-0.05, 0) is 123 Å². The summed E-state index contributed by atoms with van der Waals surface area (Å²) in [4.78, 5) is 101. The van der Waals surface area contributed by atoms with E-state index in [1.807, 2.05) is 104 Å². The molecule has 4 bridgehead atoms. The smallest absolute Gasteiger partial charge is 0.408 e. The summed E-state index contributed by atoms with van der Waals surface area (Å²) in [5.41, 5.74) is 3.51. The van der Waals surface area contributed by atoms with E-state index in [4.69, 9.17) is 38.9 Å². The number of rotatable bonds is 4. The summed E-state index contributed by atoms with van der Waals surface area (Å²) in [6, 6.07) is 12.1. The average molecular weight is 1200 g/mol. The van der Waals surface area contributed by atoms with Crippen LogP contribution in [0.1, 0.15) is 157 Å². The Labute approximate surface area is 507 Å². The Bertz CT molecular complexity index is 2880. The maximum absolute atomic E-state index is 14.1. The topological polar surface area (TPSA) is 221 Å². The summed E-state index contributed by atoms with van der Waals surface area (Å²) in [5.74, 6) is 0.404. The number of hydrogen-bond donors (Lipinski definition) is 2. The Morgan fingerprint density at radius 3 is 1.33 bits per heavy atom. The van der Waals surface area contributed by atoms with Crippen LogP contribution in [-0.2, 0) is 78.6 Å². The monoisotopic (exact) mass is 1200 g/mol. The van der Waals surface area contributed by atoms with Crippen molar-refractivity contribution in [2.24, 2.45) is 34.5 Å². The minimum Gasteiger partial charge on any atom is -0.540 e. The molecule has 6 heterocycles. The number of carbonyl (C=O) groups is 4. The van der Waals surface area contributed by atoms with Crippen molar-refractivity contribution in [3.8, 4) is 11.8 Å². The second-order valence-corrected chi connectivity index (χ2v) is 25.2. The van der Waals surface area contributed by atoms with Gasteiger partial charge in [0, 0.05) is 37.1 Å². The predicted octanol–water partition coefficient (Wildman–Crippen LogP) is 9.51. The fourth-order valence-corrected chi connectivity index (χ4v) is 12.7. The Hall–Kier alpha value is -5.29. The standard InChI is InChI=1S/C32H43N4O5.C30H39N4O5.2V/c1-5-21-25(19-37)36-18-27(21)40-29-24(33-22-14-9-10-15-23(22)34-29)16-8-6-7-12-20-13-11-17-26(20)41-31(39)35-28(30(36)38)32(2,3)4;1-5-19-23(17-35)34-16-25(19)38-27-22(31-20-12-9-10-13-21(20)32-27)14-8-6-7-11-18-15-24(18)39-29(37)33-26(28(34)36)30(2,3)4;;/h9-10,14-15,20-21,25-28H,5-8,11-13,16-18H2,1-4H3,(H,35,39);9-10,12-13,18-19,23-26H,5-8,11,14-16H2,1-4H3,(H,33,37);;/q2*-1;;/t20-,21+,25-,26-,27+,28-;18-,19+,23-,24-,25+,26-;;/m11../s1. The van der Waals surface area contributed by atoms with E-state index in [2.05, 4.69) is 23.2 Å². The third-order valence-corrected chi connectivity index (χ3v) is 17.4. The molecule has 2 saturated heterocycles. The number of fused-ring (bicyclic) bond motifs is 10. The molecule has 4 fully saturated rings. The normalized spacial score (nSPS) is 29.3. The predicted molar refractivity (Wildman–Crippen MR) is 301 cm³/mol. The zero-order valence-corrected chi connectivity index (χ0v) is 51.7. The van der Waals surface area contributed by atoms with E-state index in [0.717, 1.165) is 123 Å². The maximum Gasteiger partial charge on any atom is 0.408 e. The van der Waals surface area contributed by atoms with Gasteiger partial charge in [0.2, 0.25) is 23.6 Å². The molecule has 18 nitrogen and oxygen atoms in total. The molecule has 4 aliphatic heterocycles. The van der Waals surface area contributed by atoms with Crippen molar-refractivity contribution in [1.82, 2.24) is 40.4 Å². The summed E-state index contributed by atoms with van der Waals surface area (Å²) < 4.78 is 24.7. The van der Waals surface area contributed by atoms with Crippen LogP contribution in [-0.4, -0.2) is 128 Å². The van der Waals surface area contributed by atoms with Crippen LogP contribution in [0.4, 0.5) is 9.59 Å². The van der Waals surface area contributed by atoms with Crippen LogP contribution in [0, 0.1) is 34.5 Å². The van der Waals surface area contributed by atoms with Gasteiger partial charge in [-0.1, -0.05) is 130 Å². The third kappa shape index (κ3) is 15.0. The quantitative estimate of drug-likeness (QED) is 0.182. The van der Waals surface area contributed by atoms with Crippen LogP contribution in [0.15, 0.2) is 48.5 Å². The van der Waals surface area contributed by atoms with Gasteiger partial charge in [0.1, 0.15) is 47.9 Å². The molecular formula is C62H82N8O10V2-2. The molecule has 2 aromatic heterocycles. The first-order chi connectivity index (χ1) is 38.4. The van der Waals surface area contributed by atoms with Gasteiger partial charge in [0.05, 0.1) is 35.2 Å². The Morgan fingerprint density at radius 1 is 0.512 bits per heavy atom. The van der Waals surface area contributed by atoms with Crippen LogP contribution >= 0.6 is 0 Å². The largest absolute Gasteiger partial charge is 0.540 e. The van der Waals surface area contributed by atoms with Gasteiger partial charge in [-0.25, -0.2) is 42.1 Å². The molecule has 2 aromatic carbocycles. The van der Waals surface area contributed by atoms with Crippen LogP contribution in [0.3, 0.4) is 0 Å². The summed E-state index contributed by atoms with van der Waals surface area (Å²) in [7, 11) is 0. The number of ether oxygens (including phenoxy) is 4. The molecule has 0 unspecified atom stereocenters. The Morgan fingerprint density at radius 2 is 0.915 bits per heavy atom. The van der Waals surface area contributed by atoms with Gasteiger partial charge in [-0.15, -0.1) is 0 Å². The molecule has 4 amide bonds. The minimum atomic E-state index is -0.878. The zero-order chi connectivity index (χ0) is 56.9. The van der Waals surface area contributed by atoms with E-state index < -0.39 is 59.4 Å². The number of aryl methyl sites for hydroxylation is 2. The number of nitrogens with zero attached hydrogens (tertiary/aromatic N) is 6. The summed E-state index contributed by atoms with van der Waals surface area (Å²) in [5, 5.41) is 5.69. The number of aromatic nitrogens is 4. The van der Waals surface area contributed by atoms with Crippen molar-refractivity contribution in [1.29, 1.82) is 0 Å². The van der Waals surface area contributed by atoms with Crippen molar-refractivity contribution in [3.63, 3.8) is 0 Å². The van der Waals surface area contributed by atoms with Crippen molar-refractivity contribution in [3.05, 3.63) is 59.9 Å². The van der Waals surface area contributed by atoms with Gasteiger partial charge in [0.25, 0.3) is 0 Å². The number of amides is 4. The molecule has 20 heteroatoms. The van der Waals surface area contributed by atoms with E-state index >= 15 is 0 Å². The molecule has 6 aliphatic rings. The first-order valence-corrected chi connectivity index (χ1v) is 29.5. The molecular weight excluding hydrogens is 1120 g/mol. The van der Waals surface area contributed by atoms with Crippen molar-refractivity contribution in [2.75, 3.05) is 13.1 Å². The van der Waals surface area contributed by atoms with E-state index in [9.17, 15) is 28.8 Å². The molecule has 2 aliphatic carbocycles. The SMILES string of the molecule is CC[C@@H]1[C@@H]2CN(C(=O)[C@H](C(C)(C)C)NC(=O)O[C@@H]3CCC[C@H]3CCCCCc3nc4ccccc4nc3O2)[C@@H]1[C-]=O.CC[C@@H]1[C@@H]2CN(C(=O)[C@H](C(C)(C)C)NC(=O)O[C@@H]3C[C@H]3CCCCCc3nc4ccccc4nc3O2)[C@@H]1[C-]=O.[V].[V]. The molecule has 4 aromatic rings. The summed E-state index contributed by atoms with van der Waals surface area (Å²) >= 11 is 0. The van der Waals surface area contributed by atoms with Gasteiger partial charge in [0.15, 0.2) is 0 Å². The number of carbonyl (C=O) groups excluding carboxylic acids is 6. The number of hydrogen-bond acceptors (Lipinski definition) is 14. The number of para-hydroxylation sites is 4. The first-order valence-electron chi connectivity index (χ1n) is 29.5.